The number of aromatic nitrogens is 1. The Morgan fingerprint density at radius 3 is 1.95 bits per heavy atom. The van der Waals surface area contributed by atoms with Crippen LogP contribution in [0.5, 0.6) is 0 Å². The Morgan fingerprint density at radius 1 is 0.877 bits per heavy atom. The quantitative estimate of drug-likeness (QED) is 0.0632. The summed E-state index contributed by atoms with van der Waals surface area (Å²) in [6, 6.07) is 11.2. The van der Waals surface area contributed by atoms with Gasteiger partial charge in [-0.3, -0.25) is 24.9 Å². The second-order valence-corrected chi connectivity index (χ2v) is 20.8. The molecule has 4 amide bonds. The number of hydrogen-bond acceptors (Lipinski definition) is 14. The van der Waals surface area contributed by atoms with Crippen LogP contribution in [0.3, 0.4) is 0 Å². The van der Waals surface area contributed by atoms with Gasteiger partial charge in [0.1, 0.15) is 29.5 Å². The molecule has 2 unspecified atom stereocenters. The van der Waals surface area contributed by atoms with E-state index in [9.17, 15) is 24.3 Å². The highest BCUT2D eigenvalue weighted by atomic mass is 19.1. The smallest absolute Gasteiger partial charge is 0.407 e. The molecule has 18 nitrogen and oxygen atoms in total. The number of alkyl carbamates (subject to hydrolysis) is 2. The predicted molar refractivity (Wildman–Crippen MR) is 273 cm³/mol. The minimum Gasteiger partial charge on any atom is -0.453 e. The fraction of sp³-hybridized carbons (Fsp3) is 0.509. The zero-order chi connectivity index (χ0) is 53.2. The number of nitrogens with zero attached hydrogens (tertiary/aromatic N) is 5. The fourth-order valence-corrected chi connectivity index (χ4v) is 9.22. The van der Waals surface area contributed by atoms with Crippen molar-refractivity contribution in [3.8, 4) is 11.8 Å². The minimum absolute atomic E-state index is 0.00584. The number of ether oxygens (including phenoxy) is 3. The van der Waals surface area contributed by atoms with E-state index >= 15 is 8.78 Å². The van der Waals surface area contributed by atoms with Crippen molar-refractivity contribution in [2.75, 3.05) is 59.0 Å². The topological polar surface area (TPSA) is 225 Å². The molecule has 3 aliphatic rings. The van der Waals surface area contributed by atoms with E-state index in [4.69, 9.17) is 24.9 Å². The van der Waals surface area contributed by atoms with Gasteiger partial charge in [-0.1, -0.05) is 65.5 Å². The van der Waals surface area contributed by atoms with E-state index in [2.05, 4.69) is 48.0 Å². The van der Waals surface area contributed by atoms with Crippen LogP contribution in [0.2, 0.25) is 0 Å². The van der Waals surface area contributed by atoms with Crippen molar-refractivity contribution in [3.05, 3.63) is 100 Å². The molecule has 73 heavy (non-hydrogen) atoms. The Labute approximate surface area is 426 Å². The van der Waals surface area contributed by atoms with Gasteiger partial charge in [-0.05, 0) is 78.1 Å². The number of fused-ring (bicyclic) bond motifs is 2. The first-order valence-electron chi connectivity index (χ1n) is 24.3. The molecular weight excluding hydrogens is 943 g/mol. The zero-order valence-electron chi connectivity index (χ0n) is 43.1. The summed E-state index contributed by atoms with van der Waals surface area (Å²) in [5.74, 6) is 3.82. The minimum atomic E-state index is -1.56. The number of carbonyl (C=O) groups excluding carboxylic acids is 4. The number of anilines is 1. The number of hydrazine groups is 1. The van der Waals surface area contributed by atoms with Crippen molar-refractivity contribution in [1.29, 1.82) is 0 Å². The number of carbonyl (C=O) groups is 4. The normalized spacial score (nSPS) is 19.0. The van der Waals surface area contributed by atoms with Crippen molar-refractivity contribution in [2.45, 2.75) is 110 Å². The van der Waals surface area contributed by atoms with Crippen LogP contribution in [-0.2, 0) is 36.8 Å². The lowest BCUT2D eigenvalue weighted by molar-refractivity contribution is -0.132. The van der Waals surface area contributed by atoms with Crippen LogP contribution in [0.4, 0.5) is 24.2 Å². The number of benzene rings is 2. The summed E-state index contributed by atoms with van der Waals surface area (Å²) in [6.07, 6.45) is 3.58. The first kappa shape index (κ1) is 55.7. The third-order valence-corrected chi connectivity index (χ3v) is 13.3. The molecule has 3 saturated heterocycles. The highest BCUT2D eigenvalue weighted by Crippen LogP contribution is 2.35. The molecule has 394 valence electrons. The second kappa shape index (κ2) is 24.4. The van der Waals surface area contributed by atoms with E-state index < -0.39 is 89.3 Å². The molecule has 3 aromatic rings. The number of halogens is 2. The number of aliphatic hydroxyl groups excluding tert-OH is 1. The van der Waals surface area contributed by atoms with E-state index in [1.54, 1.807) is 72.0 Å². The van der Waals surface area contributed by atoms with Crippen molar-refractivity contribution in [2.24, 2.45) is 21.6 Å². The molecule has 0 aliphatic carbocycles. The van der Waals surface area contributed by atoms with Crippen LogP contribution in [0, 0.1) is 34.3 Å². The average molecular weight is 1010 g/mol. The number of allylic oxidation sites excluding steroid dienone is 1. The third-order valence-electron chi connectivity index (χ3n) is 13.3. The number of pyridine rings is 1. The Bertz CT molecular complexity index is 2510. The number of hydrogen-bond donors (Lipinski definition) is 6. The molecule has 4 heterocycles. The molecule has 0 saturated carbocycles. The Balaban J connectivity index is 1.25. The maximum absolute atomic E-state index is 15.9. The van der Waals surface area contributed by atoms with Gasteiger partial charge in [0.05, 0.1) is 45.6 Å². The molecule has 6 rings (SSSR count). The molecule has 6 atom stereocenters. The van der Waals surface area contributed by atoms with Gasteiger partial charge in [-0.25, -0.2) is 28.4 Å². The number of amides is 4. The number of aliphatic imine (C=N–C) groups is 1. The van der Waals surface area contributed by atoms with Gasteiger partial charge in [-0.15, -0.1) is 0 Å². The molecule has 2 bridgehead atoms. The van der Waals surface area contributed by atoms with E-state index in [0.717, 1.165) is 61.9 Å². The first-order valence-corrected chi connectivity index (χ1v) is 24.3. The van der Waals surface area contributed by atoms with Gasteiger partial charge >= 0.3 is 12.2 Å². The number of piperazine rings is 1. The Hall–Kier alpha value is -6.66. The lowest BCUT2D eigenvalue weighted by Crippen LogP contribution is -2.62. The molecule has 0 spiro atoms. The van der Waals surface area contributed by atoms with Crippen LogP contribution in [-0.4, -0.2) is 147 Å². The first-order chi connectivity index (χ1) is 34.6. The van der Waals surface area contributed by atoms with Crippen molar-refractivity contribution >= 4 is 41.7 Å². The maximum atomic E-state index is 15.9. The molecule has 3 fully saturated rings. The molecule has 3 aliphatic heterocycles. The van der Waals surface area contributed by atoms with Crippen LogP contribution >= 0.6 is 0 Å². The van der Waals surface area contributed by atoms with E-state index in [0.29, 0.717) is 29.3 Å². The highest BCUT2D eigenvalue weighted by Gasteiger charge is 2.45. The van der Waals surface area contributed by atoms with Gasteiger partial charge < -0.3 is 45.9 Å². The van der Waals surface area contributed by atoms with Gasteiger partial charge in [-0.2, -0.15) is 0 Å². The summed E-state index contributed by atoms with van der Waals surface area (Å²) in [6.45, 7) is 12.6. The SMILES string of the molecule is CN=CC=C(N)c1cc(F)c(CN(C[C@H](O)[C@H](Cc2ccc(C#Cc3ccc(N4CC5CCC(C4)N5C4COC4)nc3)cc2)NC(=O)[C@@H](NC(=O)OC)C(C)(C)C)NC(=O)[C@@H](NC(=O)OC)C(C)(C)C)c(F)c1. The third kappa shape index (κ3) is 14.7. The number of nitrogens with two attached hydrogens (primary N) is 1. The van der Waals surface area contributed by atoms with Gasteiger partial charge in [0.15, 0.2) is 0 Å². The lowest BCUT2D eigenvalue weighted by atomic mass is 9.85. The van der Waals surface area contributed by atoms with Gasteiger partial charge in [0, 0.05) is 85.7 Å². The standard InChI is InChI=1S/C53H70F2N10O8/c1-52(2,3)46(60-50(69)71-8)48(67)59-43(22-33-13-10-32(11-14-33)12-15-34-16-19-45(58-25-34)63-26-36-17-18-37(27-63)65(36)38-30-73-31-38)44(66)29-64(62-49(68)47(53(4,5)6)61-51(70)72-9)28-39-40(54)23-35(24-41(39)55)42(56)20-21-57-7/h10-11,13-14,16,19-21,23-25,36-38,43-44,46-47,66H,17-18,22,26-31,56H2,1-9H3,(H,59,67)(H,60,69)(H,61,70)(H,62,68)/t36?,37?,43-,44-,46+,47+/m0/s1. The summed E-state index contributed by atoms with van der Waals surface area (Å²) in [7, 11) is 3.81. The average Bonchev–Trinajstić information content (AvgIpc) is 3.55. The lowest BCUT2D eigenvalue weighted by Gasteiger charge is -2.47. The molecule has 20 heteroatoms. The molecule has 2 aromatic carbocycles. The van der Waals surface area contributed by atoms with Gasteiger partial charge in [0.2, 0.25) is 5.91 Å². The monoisotopic (exact) mass is 1010 g/mol. The Kier molecular flexibility index (Phi) is 18.6. The van der Waals surface area contributed by atoms with E-state index in [-0.39, 0.29) is 17.7 Å². The van der Waals surface area contributed by atoms with Crippen LogP contribution < -0.4 is 32.0 Å². The summed E-state index contributed by atoms with van der Waals surface area (Å²) in [5, 5.41) is 21.2. The van der Waals surface area contributed by atoms with Crippen LogP contribution in [0.15, 0.2) is 65.8 Å². The van der Waals surface area contributed by atoms with E-state index in [1.807, 2.05) is 12.1 Å². The highest BCUT2D eigenvalue weighted by molar-refractivity contribution is 5.87. The second-order valence-electron chi connectivity index (χ2n) is 20.8. The van der Waals surface area contributed by atoms with Crippen LogP contribution in [0.1, 0.15) is 82.2 Å². The van der Waals surface area contributed by atoms with Crippen molar-refractivity contribution < 1.29 is 47.3 Å². The molecule has 1 aromatic heterocycles. The molecular formula is C53H70F2N10O8. The Morgan fingerprint density at radius 2 is 1.44 bits per heavy atom. The summed E-state index contributed by atoms with van der Waals surface area (Å²) >= 11 is 0. The number of rotatable bonds is 17. The fourth-order valence-electron chi connectivity index (χ4n) is 9.22. The molecule has 0 radical (unpaired) electrons. The summed E-state index contributed by atoms with van der Waals surface area (Å²) in [5.41, 5.74) is 8.62. The maximum Gasteiger partial charge on any atom is 0.407 e. The predicted octanol–water partition coefficient (Wildman–Crippen LogP) is 4.27. The summed E-state index contributed by atoms with van der Waals surface area (Å²) in [4.78, 5) is 66.7. The zero-order valence-corrected chi connectivity index (χ0v) is 43.1. The number of nitrogens with one attached hydrogen (secondary N) is 4. The van der Waals surface area contributed by atoms with E-state index in [1.165, 1.54) is 39.3 Å². The molecule has 7 N–H and O–H groups in total. The van der Waals surface area contributed by atoms with Crippen molar-refractivity contribution in [3.63, 3.8) is 0 Å². The van der Waals surface area contributed by atoms with Crippen molar-refractivity contribution in [1.82, 2.24) is 36.3 Å². The van der Waals surface area contributed by atoms with Crippen LogP contribution in [0.25, 0.3) is 5.70 Å². The number of methoxy groups -OCH3 is 2. The number of aliphatic hydroxyl groups is 1. The van der Waals surface area contributed by atoms with Gasteiger partial charge in [0.25, 0.3) is 5.91 Å². The largest absolute Gasteiger partial charge is 0.453 e. The summed E-state index contributed by atoms with van der Waals surface area (Å²) < 4.78 is 46.9.